The first kappa shape index (κ1) is 13.7. The highest BCUT2D eigenvalue weighted by Crippen LogP contribution is 2.18. The number of nitriles is 1. The number of para-hydroxylation sites is 1. The molecule has 0 radical (unpaired) electrons. The van der Waals surface area contributed by atoms with E-state index in [9.17, 15) is 4.79 Å². The van der Waals surface area contributed by atoms with Crippen LogP contribution in [0.3, 0.4) is 0 Å². The van der Waals surface area contributed by atoms with Gasteiger partial charge in [0.1, 0.15) is 11.8 Å². The van der Waals surface area contributed by atoms with Gasteiger partial charge < -0.3 is 14.5 Å². The fourth-order valence-corrected chi connectivity index (χ4v) is 1.66. The number of esters is 1. The fourth-order valence-electron chi connectivity index (χ4n) is 1.66. The third kappa shape index (κ3) is 3.39. The first-order valence-corrected chi connectivity index (χ1v) is 6.16. The van der Waals surface area contributed by atoms with Gasteiger partial charge >= 0.3 is 5.97 Å². The van der Waals surface area contributed by atoms with Crippen molar-refractivity contribution in [3.8, 4) is 6.07 Å². The summed E-state index contributed by atoms with van der Waals surface area (Å²) < 4.78 is 10.2. The van der Waals surface area contributed by atoms with Crippen LogP contribution in [0.2, 0.25) is 0 Å². The number of benzene rings is 1. The number of furan rings is 1. The number of ether oxygens (including phenoxy) is 1. The van der Waals surface area contributed by atoms with Gasteiger partial charge in [-0.15, -0.1) is 0 Å². The van der Waals surface area contributed by atoms with Crippen molar-refractivity contribution in [3.63, 3.8) is 0 Å². The predicted molar refractivity (Wildman–Crippen MR) is 73.0 cm³/mol. The Morgan fingerprint density at radius 1 is 1.40 bits per heavy atom. The molecule has 0 aliphatic heterocycles. The van der Waals surface area contributed by atoms with Crippen LogP contribution in [0.25, 0.3) is 0 Å². The van der Waals surface area contributed by atoms with E-state index in [1.54, 1.807) is 30.5 Å². The number of rotatable bonds is 5. The van der Waals surface area contributed by atoms with Crippen LogP contribution in [0.4, 0.5) is 5.69 Å². The minimum absolute atomic E-state index is 0.390. The Hall–Kier alpha value is -2.74. The zero-order chi connectivity index (χ0) is 14.4. The third-order valence-corrected chi connectivity index (χ3v) is 2.65. The Morgan fingerprint density at radius 2 is 2.20 bits per heavy atom. The number of nitrogens with zero attached hydrogens (tertiary/aromatic N) is 1. The van der Waals surface area contributed by atoms with Crippen LogP contribution in [0.5, 0.6) is 0 Å². The highest BCUT2D eigenvalue weighted by Gasteiger charge is 2.15. The van der Waals surface area contributed by atoms with E-state index < -0.39 is 12.1 Å². The van der Waals surface area contributed by atoms with E-state index in [2.05, 4.69) is 5.32 Å². The third-order valence-electron chi connectivity index (χ3n) is 2.65. The molecule has 5 nitrogen and oxygen atoms in total. The molecule has 0 amide bonds. The van der Waals surface area contributed by atoms with Crippen LogP contribution in [0.15, 0.2) is 47.1 Å². The maximum atomic E-state index is 12.0. The molecule has 20 heavy (non-hydrogen) atoms. The molecule has 0 bridgehead atoms. The molecule has 2 rings (SSSR count). The summed E-state index contributed by atoms with van der Waals surface area (Å²) in [6, 6.07) is 12.5. The zero-order valence-corrected chi connectivity index (χ0v) is 11.0. The smallest absolute Gasteiger partial charge is 0.341 e. The van der Waals surface area contributed by atoms with Gasteiger partial charge in [-0.1, -0.05) is 12.1 Å². The lowest BCUT2D eigenvalue weighted by Gasteiger charge is -2.11. The number of anilines is 1. The van der Waals surface area contributed by atoms with Gasteiger partial charge in [-0.2, -0.15) is 5.26 Å². The highest BCUT2D eigenvalue weighted by atomic mass is 16.5. The van der Waals surface area contributed by atoms with Crippen molar-refractivity contribution in [2.24, 2.45) is 0 Å². The topological polar surface area (TPSA) is 75.3 Å². The molecule has 0 saturated carbocycles. The van der Waals surface area contributed by atoms with Crippen LogP contribution in [-0.2, 0) is 11.3 Å². The van der Waals surface area contributed by atoms with Gasteiger partial charge in [-0.05, 0) is 31.2 Å². The van der Waals surface area contributed by atoms with Crippen LogP contribution in [0, 0.1) is 11.3 Å². The van der Waals surface area contributed by atoms with Crippen molar-refractivity contribution in [1.82, 2.24) is 0 Å². The summed E-state index contributed by atoms with van der Waals surface area (Å²) >= 11 is 0. The summed E-state index contributed by atoms with van der Waals surface area (Å²) in [7, 11) is 0. The summed E-state index contributed by atoms with van der Waals surface area (Å²) in [5.41, 5.74) is 1.03. The van der Waals surface area contributed by atoms with Gasteiger partial charge in [0, 0.05) is 5.69 Å². The quantitative estimate of drug-likeness (QED) is 0.845. The maximum Gasteiger partial charge on any atom is 0.341 e. The molecule has 5 heteroatoms. The lowest BCUT2D eigenvalue weighted by atomic mass is 10.1. The Kier molecular flexibility index (Phi) is 4.40. The van der Waals surface area contributed by atoms with Crippen molar-refractivity contribution in [2.45, 2.75) is 19.6 Å². The van der Waals surface area contributed by atoms with Gasteiger partial charge in [-0.25, -0.2) is 4.79 Å². The molecule has 1 aromatic carbocycles. The molecule has 102 valence electrons. The second-order valence-electron chi connectivity index (χ2n) is 4.16. The number of carbonyl (C=O) groups excluding carboxylic acids is 1. The predicted octanol–water partition coefficient (Wildman–Crippen LogP) is 2.96. The van der Waals surface area contributed by atoms with Gasteiger partial charge in [0.25, 0.3) is 0 Å². The number of hydrogen-bond acceptors (Lipinski definition) is 5. The summed E-state index contributed by atoms with van der Waals surface area (Å²) in [4.78, 5) is 12.0. The molecule has 1 N–H and O–H groups in total. The van der Waals surface area contributed by atoms with E-state index in [-0.39, 0.29) is 0 Å². The number of hydrogen-bond donors (Lipinski definition) is 1. The van der Waals surface area contributed by atoms with Crippen molar-refractivity contribution >= 4 is 11.7 Å². The monoisotopic (exact) mass is 270 g/mol. The fraction of sp³-hybridized carbons (Fsp3) is 0.200. The molecule has 1 aromatic heterocycles. The van der Waals surface area contributed by atoms with Gasteiger partial charge in [0.2, 0.25) is 0 Å². The molecule has 0 saturated heterocycles. The van der Waals surface area contributed by atoms with Gasteiger partial charge in [0.15, 0.2) is 6.10 Å². The summed E-state index contributed by atoms with van der Waals surface area (Å²) in [5.74, 6) is 0.236. The average molecular weight is 270 g/mol. The van der Waals surface area contributed by atoms with Crippen LogP contribution in [0.1, 0.15) is 23.0 Å². The Morgan fingerprint density at radius 3 is 2.90 bits per heavy atom. The summed E-state index contributed by atoms with van der Waals surface area (Å²) in [5, 5.41) is 11.8. The SMILES string of the molecule is C[C@H](C#N)OC(=O)c1ccccc1NCc1ccco1. The molecule has 0 fully saturated rings. The molecule has 1 heterocycles. The largest absolute Gasteiger partial charge is 0.467 e. The standard InChI is InChI=1S/C15H14N2O3/c1-11(9-16)20-15(18)13-6-2-3-7-14(13)17-10-12-5-4-8-19-12/h2-8,11,17H,10H2,1H3/t11-/m1/s1. The van der Waals surface area contributed by atoms with Crippen LogP contribution >= 0.6 is 0 Å². The number of carbonyl (C=O) groups is 1. The molecule has 0 aliphatic carbocycles. The zero-order valence-electron chi connectivity index (χ0n) is 11.0. The first-order chi connectivity index (χ1) is 9.70. The Bertz CT molecular complexity index is 614. The van der Waals surface area contributed by atoms with Crippen molar-refractivity contribution in [3.05, 3.63) is 54.0 Å². The second-order valence-corrected chi connectivity index (χ2v) is 4.16. The molecule has 0 unspecified atom stereocenters. The van der Waals surface area contributed by atoms with Crippen LogP contribution < -0.4 is 5.32 Å². The van der Waals surface area contributed by atoms with Crippen molar-refractivity contribution in [2.75, 3.05) is 5.32 Å². The lowest BCUT2D eigenvalue weighted by Crippen LogP contribution is -2.15. The maximum absolute atomic E-state index is 12.0. The Balaban J connectivity index is 2.09. The van der Waals surface area contributed by atoms with E-state index in [1.165, 1.54) is 6.92 Å². The van der Waals surface area contributed by atoms with E-state index in [1.807, 2.05) is 18.2 Å². The molecule has 0 spiro atoms. The van der Waals surface area contributed by atoms with Gasteiger partial charge in [0.05, 0.1) is 18.4 Å². The van der Waals surface area contributed by atoms with Crippen molar-refractivity contribution < 1.29 is 13.9 Å². The Labute approximate surface area is 116 Å². The van der Waals surface area contributed by atoms with E-state index in [4.69, 9.17) is 14.4 Å². The second kappa shape index (κ2) is 6.43. The minimum Gasteiger partial charge on any atom is -0.467 e. The molecule has 0 aliphatic rings. The first-order valence-electron chi connectivity index (χ1n) is 6.16. The minimum atomic E-state index is -0.777. The summed E-state index contributed by atoms with van der Waals surface area (Å²) in [6.45, 7) is 1.99. The number of nitrogens with one attached hydrogen (secondary N) is 1. The lowest BCUT2D eigenvalue weighted by molar-refractivity contribution is 0.0436. The van der Waals surface area contributed by atoms with Gasteiger partial charge in [-0.3, -0.25) is 0 Å². The summed E-state index contributed by atoms with van der Waals surface area (Å²) in [6.07, 6.45) is 0.812. The van der Waals surface area contributed by atoms with Crippen LogP contribution in [-0.4, -0.2) is 12.1 Å². The normalized spacial score (nSPS) is 11.4. The molecular formula is C15H14N2O3. The van der Waals surface area contributed by atoms with Crippen molar-refractivity contribution in [1.29, 1.82) is 5.26 Å². The molecule has 1 atom stereocenters. The average Bonchev–Trinajstić information content (AvgIpc) is 2.98. The van der Waals surface area contributed by atoms with E-state index >= 15 is 0 Å². The van der Waals surface area contributed by atoms with E-state index in [0.29, 0.717) is 17.8 Å². The van der Waals surface area contributed by atoms with E-state index in [0.717, 1.165) is 5.76 Å². The molecule has 2 aromatic rings. The highest BCUT2D eigenvalue weighted by molar-refractivity contribution is 5.95. The molecular weight excluding hydrogens is 256 g/mol.